The van der Waals surface area contributed by atoms with Crippen molar-refractivity contribution in [1.82, 2.24) is 0 Å². The number of benzene rings is 2. The molecule has 0 fully saturated rings. The molecule has 0 saturated carbocycles. The quantitative estimate of drug-likeness (QED) is 0.783. The van der Waals surface area contributed by atoms with E-state index in [4.69, 9.17) is 16.3 Å². The number of hydrogen-bond acceptors (Lipinski definition) is 2. The molecule has 1 N–H and O–H groups in total. The molecule has 1 unspecified atom stereocenters. The average molecular weight is 356 g/mol. The highest BCUT2D eigenvalue weighted by atomic mass is 79.9. The summed E-state index contributed by atoms with van der Waals surface area (Å²) in [7, 11) is 0. The summed E-state index contributed by atoms with van der Waals surface area (Å²) in [5.41, 5.74) is 1.78. The molecule has 0 aliphatic heterocycles. The monoisotopic (exact) mass is 354 g/mol. The first kappa shape index (κ1) is 15.4. The average Bonchev–Trinajstić information content (AvgIpc) is 2.42. The van der Waals surface area contributed by atoms with Gasteiger partial charge in [0.25, 0.3) is 0 Å². The molecular weight excluding hydrogens is 340 g/mol. The molecule has 106 valence electrons. The van der Waals surface area contributed by atoms with E-state index in [1.165, 1.54) is 0 Å². The van der Waals surface area contributed by atoms with E-state index in [2.05, 4.69) is 15.9 Å². The highest BCUT2D eigenvalue weighted by molar-refractivity contribution is 9.10. The van der Waals surface area contributed by atoms with Gasteiger partial charge < -0.3 is 9.84 Å². The van der Waals surface area contributed by atoms with Crippen molar-refractivity contribution in [3.05, 3.63) is 57.0 Å². The second-order valence-corrected chi connectivity index (χ2v) is 5.89. The number of rotatable bonds is 4. The fourth-order valence-electron chi connectivity index (χ4n) is 1.95. The van der Waals surface area contributed by atoms with Gasteiger partial charge in [-0.05, 0) is 55.3 Å². The Labute approximate surface area is 132 Å². The third-order valence-corrected chi connectivity index (χ3v) is 3.91. The first-order chi connectivity index (χ1) is 9.51. The molecule has 2 rings (SSSR count). The fraction of sp³-hybridized carbons (Fsp3) is 0.250. The molecule has 2 aromatic carbocycles. The minimum Gasteiger partial charge on any atom is -0.457 e. The number of aliphatic hydroxyl groups excluding tert-OH is 1. The minimum atomic E-state index is -0.597. The Hall–Kier alpha value is -1.03. The summed E-state index contributed by atoms with van der Waals surface area (Å²) in [6.07, 6.45) is 0.250. The van der Waals surface area contributed by atoms with Gasteiger partial charge in [-0.2, -0.15) is 0 Å². The predicted octanol–water partition coefficient (Wildman–Crippen LogP) is 5.51. The van der Waals surface area contributed by atoms with Crippen molar-refractivity contribution >= 4 is 27.5 Å². The van der Waals surface area contributed by atoms with Gasteiger partial charge in [0.1, 0.15) is 11.5 Å². The SMILES string of the molecule is CCc1cc(Oc2ccc(Br)cc2C(C)O)ccc1Cl. The van der Waals surface area contributed by atoms with E-state index in [0.717, 1.165) is 32.8 Å². The van der Waals surface area contributed by atoms with E-state index in [-0.39, 0.29) is 0 Å². The second-order valence-electron chi connectivity index (χ2n) is 4.57. The molecule has 4 heteroatoms. The lowest BCUT2D eigenvalue weighted by Crippen LogP contribution is -1.96. The summed E-state index contributed by atoms with van der Waals surface area (Å²) in [5.74, 6) is 1.36. The Morgan fingerprint density at radius 3 is 2.65 bits per heavy atom. The number of halogens is 2. The van der Waals surface area contributed by atoms with Crippen LogP contribution in [0.15, 0.2) is 40.9 Å². The zero-order valence-corrected chi connectivity index (χ0v) is 13.7. The largest absolute Gasteiger partial charge is 0.457 e. The van der Waals surface area contributed by atoms with E-state index in [9.17, 15) is 5.11 Å². The summed E-state index contributed by atoms with van der Waals surface area (Å²) < 4.78 is 6.79. The zero-order chi connectivity index (χ0) is 14.7. The standard InChI is InChI=1S/C16H16BrClO2/c1-3-11-8-13(5-6-15(11)18)20-16-7-4-12(17)9-14(16)10(2)19/h4-10,19H,3H2,1-2H3. The summed E-state index contributed by atoms with van der Waals surface area (Å²) in [5, 5.41) is 10.6. The van der Waals surface area contributed by atoms with Crippen molar-refractivity contribution in [2.24, 2.45) is 0 Å². The van der Waals surface area contributed by atoms with Gasteiger partial charge in [0.05, 0.1) is 6.10 Å². The molecule has 2 aromatic rings. The Morgan fingerprint density at radius 2 is 2.00 bits per heavy atom. The van der Waals surface area contributed by atoms with Crippen molar-refractivity contribution in [3.8, 4) is 11.5 Å². The van der Waals surface area contributed by atoms with Gasteiger partial charge in [0, 0.05) is 15.1 Å². The summed E-state index contributed by atoms with van der Waals surface area (Å²) in [6, 6.07) is 11.2. The van der Waals surface area contributed by atoms with Gasteiger partial charge >= 0.3 is 0 Å². The molecule has 0 spiro atoms. The van der Waals surface area contributed by atoms with Gasteiger partial charge in [0.15, 0.2) is 0 Å². The maximum atomic E-state index is 9.83. The van der Waals surface area contributed by atoms with E-state index in [0.29, 0.717) is 5.75 Å². The summed E-state index contributed by atoms with van der Waals surface area (Å²) >= 11 is 9.50. The normalized spacial score (nSPS) is 12.2. The topological polar surface area (TPSA) is 29.5 Å². The first-order valence-corrected chi connectivity index (χ1v) is 7.62. The molecule has 0 bridgehead atoms. The van der Waals surface area contributed by atoms with Crippen LogP contribution in [0.2, 0.25) is 5.02 Å². The Bertz CT molecular complexity index is 611. The van der Waals surface area contributed by atoms with Crippen molar-refractivity contribution in [3.63, 3.8) is 0 Å². The number of hydrogen-bond donors (Lipinski definition) is 1. The molecule has 0 saturated heterocycles. The van der Waals surface area contributed by atoms with Crippen LogP contribution in [0.1, 0.15) is 31.1 Å². The van der Waals surface area contributed by atoms with Gasteiger partial charge in [-0.3, -0.25) is 0 Å². The number of aliphatic hydroxyl groups is 1. The molecule has 0 radical (unpaired) electrons. The molecule has 0 aliphatic rings. The van der Waals surface area contributed by atoms with Gasteiger partial charge in [0.2, 0.25) is 0 Å². The molecular formula is C16H16BrClO2. The smallest absolute Gasteiger partial charge is 0.133 e. The minimum absolute atomic E-state index is 0.597. The van der Waals surface area contributed by atoms with E-state index in [1.54, 1.807) is 6.92 Å². The molecule has 0 aromatic heterocycles. The Balaban J connectivity index is 2.34. The molecule has 1 atom stereocenters. The summed E-state index contributed by atoms with van der Waals surface area (Å²) in [6.45, 7) is 3.76. The highest BCUT2D eigenvalue weighted by Gasteiger charge is 2.11. The van der Waals surface area contributed by atoms with Crippen molar-refractivity contribution in [2.45, 2.75) is 26.4 Å². The van der Waals surface area contributed by atoms with E-state index < -0.39 is 6.10 Å². The van der Waals surface area contributed by atoms with Crippen LogP contribution in [0.3, 0.4) is 0 Å². The van der Waals surface area contributed by atoms with Crippen LogP contribution in [-0.2, 0) is 6.42 Å². The first-order valence-electron chi connectivity index (χ1n) is 6.45. The lowest BCUT2D eigenvalue weighted by Gasteiger charge is -2.14. The van der Waals surface area contributed by atoms with Crippen LogP contribution in [0, 0.1) is 0 Å². The third kappa shape index (κ3) is 3.54. The lowest BCUT2D eigenvalue weighted by atomic mass is 10.1. The fourth-order valence-corrected chi connectivity index (χ4v) is 2.58. The lowest BCUT2D eigenvalue weighted by molar-refractivity contribution is 0.195. The van der Waals surface area contributed by atoms with Gasteiger partial charge in [-0.15, -0.1) is 0 Å². The van der Waals surface area contributed by atoms with Crippen LogP contribution in [-0.4, -0.2) is 5.11 Å². The molecule has 20 heavy (non-hydrogen) atoms. The maximum Gasteiger partial charge on any atom is 0.133 e. The zero-order valence-electron chi connectivity index (χ0n) is 11.4. The number of ether oxygens (including phenoxy) is 1. The molecule has 2 nitrogen and oxygen atoms in total. The van der Waals surface area contributed by atoms with Crippen molar-refractivity contribution in [2.75, 3.05) is 0 Å². The van der Waals surface area contributed by atoms with E-state index >= 15 is 0 Å². The van der Waals surface area contributed by atoms with Crippen molar-refractivity contribution in [1.29, 1.82) is 0 Å². The van der Waals surface area contributed by atoms with Crippen LogP contribution in [0.5, 0.6) is 11.5 Å². The summed E-state index contributed by atoms with van der Waals surface area (Å²) in [4.78, 5) is 0. The predicted molar refractivity (Wildman–Crippen MR) is 85.7 cm³/mol. The van der Waals surface area contributed by atoms with Crippen LogP contribution >= 0.6 is 27.5 Å². The van der Waals surface area contributed by atoms with Gasteiger partial charge in [-0.25, -0.2) is 0 Å². The number of aryl methyl sites for hydroxylation is 1. The van der Waals surface area contributed by atoms with Crippen LogP contribution in [0.4, 0.5) is 0 Å². The third-order valence-electron chi connectivity index (χ3n) is 3.05. The molecule has 0 aliphatic carbocycles. The second kappa shape index (κ2) is 6.61. The van der Waals surface area contributed by atoms with Crippen molar-refractivity contribution < 1.29 is 9.84 Å². The van der Waals surface area contributed by atoms with Crippen LogP contribution in [0.25, 0.3) is 0 Å². The molecule has 0 heterocycles. The Morgan fingerprint density at radius 1 is 1.25 bits per heavy atom. The highest BCUT2D eigenvalue weighted by Crippen LogP contribution is 2.33. The molecule has 0 amide bonds. The van der Waals surface area contributed by atoms with Gasteiger partial charge in [-0.1, -0.05) is 34.5 Å². The van der Waals surface area contributed by atoms with E-state index in [1.807, 2.05) is 43.3 Å². The maximum absolute atomic E-state index is 9.83. The van der Waals surface area contributed by atoms with Crippen LogP contribution < -0.4 is 4.74 Å². The Kier molecular flexibility index (Phi) is 5.08.